The first-order valence-electron chi connectivity index (χ1n) is 20.8. The topological polar surface area (TPSA) is 46.5 Å². The van der Waals surface area contributed by atoms with Crippen LogP contribution in [-0.2, 0) is 21.7 Å². The highest BCUT2D eigenvalue weighted by atomic mass is 15.0. The molecule has 0 radical (unpaired) electrons. The van der Waals surface area contributed by atoms with Crippen LogP contribution in [0.25, 0.3) is 66.1 Å². The van der Waals surface area contributed by atoms with Crippen molar-refractivity contribution in [3.05, 3.63) is 136 Å². The number of fused-ring (bicyclic) bond motifs is 6. The Balaban J connectivity index is 1.64. The molecule has 0 atom stereocenters. The summed E-state index contributed by atoms with van der Waals surface area (Å²) in [4.78, 5) is 4.87. The number of benzene rings is 5. The van der Waals surface area contributed by atoms with Crippen LogP contribution in [0.4, 0.5) is 0 Å². The number of hydrogen-bond acceptors (Lipinski definition) is 2. The van der Waals surface area contributed by atoms with Crippen molar-refractivity contribution in [1.82, 2.24) is 14.1 Å². The molecule has 0 bridgehead atoms. The van der Waals surface area contributed by atoms with E-state index >= 15 is 0 Å². The fourth-order valence-electron chi connectivity index (χ4n) is 8.73. The second-order valence-corrected chi connectivity index (χ2v) is 20.7. The Morgan fingerprint density at radius 3 is 0.983 bits per heavy atom. The molecule has 0 aliphatic rings. The molecular weight excluding hydrogens is 705 g/mol. The number of nitrogens with zero attached hydrogens (tertiary/aromatic N) is 4. The number of rotatable bonds is 3. The average Bonchev–Trinajstić information content (AvgIpc) is 3.63. The third-order valence-corrected chi connectivity index (χ3v) is 12.1. The van der Waals surface area contributed by atoms with E-state index in [1.54, 1.807) is 0 Å². The molecule has 8 aromatic rings. The van der Waals surface area contributed by atoms with Crippen molar-refractivity contribution >= 4 is 43.6 Å². The molecule has 0 amide bonds. The van der Waals surface area contributed by atoms with Crippen LogP contribution in [0.15, 0.2) is 97.1 Å². The first-order valence-corrected chi connectivity index (χ1v) is 20.8. The maximum atomic E-state index is 11.0. The zero-order valence-corrected chi connectivity index (χ0v) is 37.0. The number of hydrogen-bond donors (Lipinski definition) is 0. The van der Waals surface area contributed by atoms with Gasteiger partial charge < -0.3 is 9.13 Å². The maximum absolute atomic E-state index is 11.0. The van der Waals surface area contributed by atoms with E-state index in [1.165, 1.54) is 43.8 Å². The summed E-state index contributed by atoms with van der Waals surface area (Å²) >= 11 is 0. The van der Waals surface area contributed by atoms with Gasteiger partial charge in [0.05, 0.1) is 45.1 Å². The van der Waals surface area contributed by atoms with E-state index in [1.807, 2.05) is 0 Å². The van der Waals surface area contributed by atoms with Gasteiger partial charge in [-0.1, -0.05) is 132 Å². The van der Waals surface area contributed by atoms with Crippen molar-refractivity contribution in [3.8, 4) is 28.6 Å². The van der Waals surface area contributed by atoms with Gasteiger partial charge in [-0.05, 0) is 112 Å². The van der Waals surface area contributed by atoms with Gasteiger partial charge in [0.2, 0.25) is 0 Å². The van der Waals surface area contributed by atoms with Crippen LogP contribution < -0.4 is 0 Å². The molecule has 0 saturated carbocycles. The third-order valence-electron chi connectivity index (χ3n) is 12.1. The Labute approximate surface area is 345 Å². The molecule has 3 heterocycles. The summed E-state index contributed by atoms with van der Waals surface area (Å²) in [6.45, 7) is 31.5. The molecule has 58 heavy (non-hydrogen) atoms. The Bertz CT molecular complexity index is 2670. The molecule has 0 aliphatic carbocycles. The number of pyridine rings is 1. The van der Waals surface area contributed by atoms with E-state index in [0.29, 0.717) is 5.56 Å². The molecule has 8 rings (SSSR count). The van der Waals surface area contributed by atoms with E-state index in [9.17, 15) is 5.26 Å². The molecule has 0 N–H and O–H groups in total. The lowest BCUT2D eigenvalue weighted by Crippen LogP contribution is -2.12. The van der Waals surface area contributed by atoms with Gasteiger partial charge in [-0.3, -0.25) is 4.98 Å². The first kappa shape index (κ1) is 39.2. The van der Waals surface area contributed by atoms with Crippen molar-refractivity contribution < 1.29 is 0 Å². The van der Waals surface area contributed by atoms with E-state index < -0.39 is 0 Å². The van der Waals surface area contributed by atoms with Crippen LogP contribution in [0, 0.1) is 25.2 Å². The zero-order valence-electron chi connectivity index (χ0n) is 37.0. The molecule has 0 aliphatic heterocycles. The highest BCUT2D eigenvalue weighted by molar-refractivity contribution is 6.12. The molecule has 294 valence electrons. The van der Waals surface area contributed by atoms with Crippen LogP contribution in [0.2, 0.25) is 0 Å². The van der Waals surface area contributed by atoms with Gasteiger partial charge in [-0.2, -0.15) is 5.26 Å². The fourth-order valence-corrected chi connectivity index (χ4v) is 8.73. The van der Waals surface area contributed by atoms with Crippen molar-refractivity contribution in [2.75, 3.05) is 0 Å². The van der Waals surface area contributed by atoms with Crippen LogP contribution >= 0.6 is 0 Å². The summed E-state index contributed by atoms with van der Waals surface area (Å²) in [6, 6.07) is 39.2. The average molecular weight is 763 g/mol. The smallest absolute Gasteiger partial charge is 0.0993 e. The lowest BCUT2D eigenvalue weighted by Gasteiger charge is -2.24. The van der Waals surface area contributed by atoms with Crippen LogP contribution in [0.3, 0.4) is 0 Å². The summed E-state index contributed by atoms with van der Waals surface area (Å²) in [6.07, 6.45) is 0. The number of nitriles is 1. The molecule has 4 heteroatoms. The molecule has 0 unspecified atom stereocenters. The SMILES string of the molecule is Cc1cc(-c2c(-n3c4cc(C(C)(C)C)ccc4c4ccc(C(C)(C)C)cc43)cc(C#N)cc2-n2c3cc(C(C)(C)C)ccc3c3ccc(C(C)(C)C)cc32)cc(C)n1. The van der Waals surface area contributed by atoms with Gasteiger partial charge in [0.1, 0.15) is 0 Å². The van der Waals surface area contributed by atoms with E-state index in [0.717, 1.165) is 56.0 Å². The Kier molecular flexibility index (Phi) is 8.91. The van der Waals surface area contributed by atoms with Crippen LogP contribution in [0.5, 0.6) is 0 Å². The Hall–Kier alpha value is -5.66. The monoisotopic (exact) mass is 762 g/mol. The maximum Gasteiger partial charge on any atom is 0.0993 e. The summed E-state index contributed by atoms with van der Waals surface area (Å²) in [5.41, 5.74) is 15.9. The summed E-state index contributed by atoms with van der Waals surface area (Å²) in [7, 11) is 0. The predicted octanol–water partition coefficient (Wildman–Crippen LogP) is 14.6. The minimum atomic E-state index is -0.0631. The molecule has 0 fully saturated rings. The predicted molar refractivity (Wildman–Crippen MR) is 247 cm³/mol. The molecular formula is C54H58N4. The number of aryl methyl sites for hydroxylation is 2. The minimum absolute atomic E-state index is 0.0631. The lowest BCUT2D eigenvalue weighted by atomic mass is 9.86. The number of aromatic nitrogens is 3. The lowest BCUT2D eigenvalue weighted by molar-refractivity contribution is 0.590. The Morgan fingerprint density at radius 2 is 0.724 bits per heavy atom. The molecule has 0 saturated heterocycles. The summed E-state index contributed by atoms with van der Waals surface area (Å²) < 4.78 is 4.91. The van der Waals surface area contributed by atoms with E-state index in [-0.39, 0.29) is 21.7 Å². The van der Waals surface area contributed by atoms with Crippen molar-refractivity contribution in [2.24, 2.45) is 0 Å². The van der Waals surface area contributed by atoms with Gasteiger partial charge >= 0.3 is 0 Å². The summed E-state index contributed by atoms with van der Waals surface area (Å²) in [5.74, 6) is 0. The summed E-state index contributed by atoms with van der Waals surface area (Å²) in [5, 5.41) is 15.8. The second kappa shape index (κ2) is 13.2. The van der Waals surface area contributed by atoms with Gasteiger partial charge in [0.15, 0.2) is 0 Å². The zero-order chi connectivity index (χ0) is 41.9. The molecule has 0 spiro atoms. The van der Waals surface area contributed by atoms with Gasteiger partial charge in [-0.15, -0.1) is 0 Å². The minimum Gasteiger partial charge on any atom is -0.308 e. The van der Waals surface area contributed by atoms with Gasteiger partial charge in [-0.25, -0.2) is 0 Å². The highest BCUT2D eigenvalue weighted by Gasteiger charge is 2.27. The molecule has 5 aromatic carbocycles. The van der Waals surface area contributed by atoms with Gasteiger partial charge in [0.25, 0.3) is 0 Å². The largest absolute Gasteiger partial charge is 0.308 e. The normalized spacial score (nSPS) is 13.0. The Morgan fingerprint density at radius 1 is 0.431 bits per heavy atom. The fraction of sp³-hybridized carbons (Fsp3) is 0.333. The quantitative estimate of drug-likeness (QED) is 0.180. The first-order chi connectivity index (χ1) is 27.0. The van der Waals surface area contributed by atoms with E-state index in [4.69, 9.17) is 4.98 Å². The van der Waals surface area contributed by atoms with Crippen molar-refractivity contribution in [2.45, 2.75) is 119 Å². The third kappa shape index (κ3) is 6.59. The highest BCUT2D eigenvalue weighted by Crippen LogP contribution is 2.45. The molecule has 4 nitrogen and oxygen atoms in total. The second-order valence-electron chi connectivity index (χ2n) is 20.7. The standard InChI is InChI=1S/C54H58N4/c1-32-23-35(24-33(2)56-32)50-48(57-44-27-36(51(3,4)5)15-19-40(44)41-20-16-37(28-45(41)57)52(6,7)8)25-34(31-55)26-49(50)58-46-29-38(53(9,10)11)17-21-42(46)43-22-18-39(30-47(43)58)54(12,13)14/h15-30H,1-14H3. The molecule has 3 aromatic heterocycles. The van der Waals surface area contributed by atoms with Crippen LogP contribution in [0.1, 0.15) is 122 Å². The van der Waals surface area contributed by atoms with Gasteiger partial charge in [0, 0.05) is 38.5 Å². The van der Waals surface area contributed by atoms with Crippen molar-refractivity contribution in [1.29, 1.82) is 5.26 Å². The van der Waals surface area contributed by atoms with E-state index in [2.05, 4.69) is 209 Å². The van der Waals surface area contributed by atoms with Crippen molar-refractivity contribution in [3.63, 3.8) is 0 Å². The van der Waals surface area contributed by atoms with Crippen LogP contribution in [-0.4, -0.2) is 14.1 Å².